The van der Waals surface area contributed by atoms with Gasteiger partial charge in [0.15, 0.2) is 0 Å². The molecule has 0 saturated carbocycles. The summed E-state index contributed by atoms with van der Waals surface area (Å²) < 4.78 is 0. The van der Waals surface area contributed by atoms with E-state index in [4.69, 9.17) is 5.73 Å². The van der Waals surface area contributed by atoms with E-state index in [0.29, 0.717) is 12.1 Å². The molecule has 1 saturated heterocycles. The zero-order valence-corrected chi connectivity index (χ0v) is 17.4. The number of hydrogen-bond donors (Lipinski definition) is 3. The van der Waals surface area contributed by atoms with Crippen molar-refractivity contribution >= 4 is 41.1 Å². The molecule has 2 heterocycles. The van der Waals surface area contributed by atoms with Crippen LogP contribution in [-0.4, -0.2) is 42.3 Å². The quantitative estimate of drug-likeness (QED) is 0.646. The van der Waals surface area contributed by atoms with E-state index in [1.165, 1.54) is 16.7 Å². The summed E-state index contributed by atoms with van der Waals surface area (Å²) in [5.41, 5.74) is 6.86. The number of carbonyl (C=O) groups excluding carboxylic acids is 4. The molecule has 2 aliphatic rings. The number of primary amides is 1. The van der Waals surface area contributed by atoms with Gasteiger partial charge in [0, 0.05) is 11.3 Å². The molecular weight excluding hydrogens is 416 g/mol. The lowest BCUT2D eigenvalue weighted by molar-refractivity contribution is -0.129. The Kier molecular flexibility index (Phi) is 5.94. The number of thioether (sulfide) groups is 1. The summed E-state index contributed by atoms with van der Waals surface area (Å²) in [4.78, 5) is 52.0. The van der Waals surface area contributed by atoms with Gasteiger partial charge >= 0.3 is 0 Å². The standard InChI is InChI=1S/C22H22N4O4S/c23-17(27)12-26-15-8-4-5-9-16(15)31-20(13-6-2-1-3-7-13)19(22(26)30)25-21(29)14-10-11-18(28)24-14/h1-9,14,19-20H,10-12H2,(H2,23,27)(H,24,28)(H,25,29)/t14-,19+,20-/m1/s1. The molecule has 3 atom stereocenters. The van der Waals surface area contributed by atoms with Gasteiger partial charge in [-0.1, -0.05) is 42.5 Å². The first kappa shape index (κ1) is 20.9. The molecule has 4 rings (SSSR count). The zero-order chi connectivity index (χ0) is 22.0. The summed E-state index contributed by atoms with van der Waals surface area (Å²) >= 11 is 1.44. The van der Waals surface area contributed by atoms with Gasteiger partial charge in [-0.25, -0.2) is 0 Å². The molecule has 2 aliphatic heterocycles. The van der Waals surface area contributed by atoms with E-state index < -0.39 is 35.1 Å². The van der Waals surface area contributed by atoms with Crippen LogP contribution in [0.3, 0.4) is 0 Å². The van der Waals surface area contributed by atoms with Gasteiger partial charge in [0.25, 0.3) is 5.91 Å². The molecule has 0 aliphatic carbocycles. The summed E-state index contributed by atoms with van der Waals surface area (Å²) in [5, 5.41) is 5.04. The van der Waals surface area contributed by atoms with Gasteiger partial charge in [-0.05, 0) is 24.1 Å². The fourth-order valence-electron chi connectivity index (χ4n) is 3.82. The second-order valence-electron chi connectivity index (χ2n) is 7.45. The van der Waals surface area contributed by atoms with Crippen LogP contribution >= 0.6 is 11.8 Å². The van der Waals surface area contributed by atoms with Gasteiger partial charge in [0.1, 0.15) is 18.6 Å². The highest BCUT2D eigenvalue weighted by Crippen LogP contribution is 2.45. The molecule has 160 valence electrons. The summed E-state index contributed by atoms with van der Waals surface area (Å²) in [5.74, 6) is -1.69. The van der Waals surface area contributed by atoms with Crippen molar-refractivity contribution in [2.45, 2.75) is 35.1 Å². The molecule has 1 fully saturated rings. The monoisotopic (exact) mass is 438 g/mol. The average Bonchev–Trinajstić information content (AvgIpc) is 3.17. The Morgan fingerprint density at radius 2 is 1.81 bits per heavy atom. The number of benzene rings is 2. The number of amides is 4. The van der Waals surface area contributed by atoms with Gasteiger partial charge < -0.3 is 21.3 Å². The van der Waals surface area contributed by atoms with Crippen LogP contribution in [-0.2, 0) is 19.2 Å². The molecule has 2 aromatic carbocycles. The molecule has 0 bridgehead atoms. The maximum Gasteiger partial charge on any atom is 0.251 e. The van der Waals surface area contributed by atoms with Crippen LogP contribution in [0.1, 0.15) is 23.7 Å². The fourth-order valence-corrected chi connectivity index (χ4v) is 5.17. The van der Waals surface area contributed by atoms with Crippen LogP contribution in [0.2, 0.25) is 0 Å². The first-order valence-corrected chi connectivity index (χ1v) is 10.8. The van der Waals surface area contributed by atoms with Crippen molar-refractivity contribution in [2.24, 2.45) is 5.73 Å². The summed E-state index contributed by atoms with van der Waals surface area (Å²) in [6.45, 7) is -0.301. The van der Waals surface area contributed by atoms with Crippen LogP contribution in [0.4, 0.5) is 5.69 Å². The minimum Gasteiger partial charge on any atom is -0.368 e. The molecule has 2 aromatic rings. The van der Waals surface area contributed by atoms with Crippen LogP contribution in [0.25, 0.3) is 0 Å². The Bertz CT molecular complexity index is 1030. The van der Waals surface area contributed by atoms with E-state index in [2.05, 4.69) is 10.6 Å². The summed E-state index contributed by atoms with van der Waals surface area (Å²) in [7, 11) is 0. The maximum absolute atomic E-state index is 13.6. The van der Waals surface area contributed by atoms with Gasteiger partial charge in [-0.3, -0.25) is 19.2 Å². The number of carbonyl (C=O) groups is 4. The molecular formula is C22H22N4O4S. The Labute approximate surface area is 183 Å². The Morgan fingerprint density at radius 3 is 2.48 bits per heavy atom. The molecule has 4 N–H and O–H groups in total. The highest BCUT2D eigenvalue weighted by molar-refractivity contribution is 7.99. The lowest BCUT2D eigenvalue weighted by Crippen LogP contribution is -2.55. The van der Waals surface area contributed by atoms with E-state index in [1.807, 2.05) is 42.5 Å². The topological polar surface area (TPSA) is 122 Å². The number of rotatable bonds is 5. The number of nitrogens with zero attached hydrogens (tertiary/aromatic N) is 1. The molecule has 0 unspecified atom stereocenters. The van der Waals surface area contributed by atoms with Crippen LogP contribution in [0.15, 0.2) is 59.5 Å². The number of anilines is 1. The van der Waals surface area contributed by atoms with E-state index in [-0.39, 0.29) is 18.9 Å². The largest absolute Gasteiger partial charge is 0.368 e. The van der Waals surface area contributed by atoms with E-state index in [9.17, 15) is 19.2 Å². The highest BCUT2D eigenvalue weighted by Gasteiger charge is 2.41. The van der Waals surface area contributed by atoms with Crippen molar-refractivity contribution in [2.75, 3.05) is 11.4 Å². The van der Waals surface area contributed by atoms with Crippen molar-refractivity contribution in [3.05, 3.63) is 60.2 Å². The Hall–Kier alpha value is -3.33. The van der Waals surface area contributed by atoms with Gasteiger partial charge in [0.2, 0.25) is 17.7 Å². The molecule has 8 nitrogen and oxygen atoms in total. The van der Waals surface area contributed by atoms with Crippen molar-refractivity contribution in [1.82, 2.24) is 10.6 Å². The number of nitrogens with one attached hydrogen (secondary N) is 2. The number of fused-ring (bicyclic) bond motifs is 1. The average molecular weight is 439 g/mol. The summed E-state index contributed by atoms with van der Waals surface area (Å²) in [6.07, 6.45) is 0.646. The number of nitrogens with two attached hydrogens (primary N) is 1. The second-order valence-corrected chi connectivity index (χ2v) is 8.64. The van der Waals surface area contributed by atoms with Gasteiger partial charge in [0.05, 0.1) is 10.9 Å². The van der Waals surface area contributed by atoms with E-state index >= 15 is 0 Å². The third kappa shape index (κ3) is 4.41. The van der Waals surface area contributed by atoms with Crippen LogP contribution in [0, 0.1) is 0 Å². The lowest BCUT2D eigenvalue weighted by atomic mass is 10.0. The van der Waals surface area contributed by atoms with Crippen molar-refractivity contribution in [1.29, 1.82) is 0 Å². The highest BCUT2D eigenvalue weighted by atomic mass is 32.2. The van der Waals surface area contributed by atoms with Gasteiger partial charge in [-0.15, -0.1) is 11.8 Å². The maximum atomic E-state index is 13.6. The normalized spacial score (nSPS) is 23.0. The third-order valence-corrected chi connectivity index (χ3v) is 6.69. The minimum absolute atomic E-state index is 0.191. The molecule has 0 spiro atoms. The predicted octanol–water partition coefficient (Wildman–Crippen LogP) is 1.12. The van der Waals surface area contributed by atoms with E-state index in [0.717, 1.165) is 10.5 Å². The molecule has 4 amide bonds. The lowest BCUT2D eigenvalue weighted by Gasteiger charge is -2.29. The Balaban J connectivity index is 1.74. The molecule has 31 heavy (non-hydrogen) atoms. The predicted molar refractivity (Wildman–Crippen MR) is 116 cm³/mol. The SMILES string of the molecule is NC(=O)CN1C(=O)[C@@H](NC(=O)[C@H]2CCC(=O)N2)[C@@H](c2ccccc2)Sc2ccccc21. The third-order valence-electron chi connectivity index (χ3n) is 5.30. The fraction of sp³-hybridized carbons (Fsp3) is 0.273. The number of hydrogen-bond acceptors (Lipinski definition) is 5. The van der Waals surface area contributed by atoms with Crippen LogP contribution < -0.4 is 21.3 Å². The second kappa shape index (κ2) is 8.81. The molecule has 0 aromatic heterocycles. The van der Waals surface area contributed by atoms with Crippen molar-refractivity contribution in [3.8, 4) is 0 Å². The Morgan fingerprint density at radius 1 is 1.10 bits per heavy atom. The summed E-state index contributed by atoms with van der Waals surface area (Å²) in [6, 6.07) is 15.0. The van der Waals surface area contributed by atoms with Crippen molar-refractivity contribution in [3.63, 3.8) is 0 Å². The smallest absolute Gasteiger partial charge is 0.251 e. The number of para-hydroxylation sites is 1. The zero-order valence-electron chi connectivity index (χ0n) is 16.6. The van der Waals surface area contributed by atoms with Crippen molar-refractivity contribution < 1.29 is 19.2 Å². The minimum atomic E-state index is -0.954. The first-order valence-electron chi connectivity index (χ1n) is 9.94. The molecule has 0 radical (unpaired) electrons. The van der Waals surface area contributed by atoms with Gasteiger partial charge in [-0.2, -0.15) is 0 Å². The first-order chi connectivity index (χ1) is 14.9. The van der Waals surface area contributed by atoms with Crippen LogP contribution in [0.5, 0.6) is 0 Å². The molecule has 9 heteroatoms. The van der Waals surface area contributed by atoms with E-state index in [1.54, 1.807) is 12.1 Å².